The van der Waals surface area contributed by atoms with Gasteiger partial charge in [0.2, 0.25) is 0 Å². The van der Waals surface area contributed by atoms with E-state index in [1.165, 1.54) is 11.3 Å². The number of hydrogen-bond acceptors (Lipinski definition) is 8. The Morgan fingerprint density at radius 1 is 1.29 bits per heavy atom. The number of rotatable bonds is 8. The van der Waals surface area contributed by atoms with Crippen LogP contribution in [0.4, 0.5) is 10.9 Å². The quantitative estimate of drug-likeness (QED) is 0.556. The maximum atomic E-state index is 12.3. The number of thiazole rings is 1. The molecule has 0 radical (unpaired) electrons. The summed E-state index contributed by atoms with van der Waals surface area (Å²) in [6, 6.07) is 11.4. The number of nitrogens with one attached hydrogen (secondary N) is 2. The van der Waals surface area contributed by atoms with Crippen molar-refractivity contribution in [2.75, 3.05) is 10.6 Å². The normalized spacial score (nSPS) is 11.6. The molecule has 2 N–H and O–H groups in total. The Morgan fingerprint density at radius 2 is 2.07 bits per heavy atom. The largest absolute Gasteiger partial charge is 0.448 e. The summed E-state index contributed by atoms with van der Waals surface area (Å²) in [6.07, 6.45) is -0.635. The molecule has 0 fully saturated rings. The molecule has 1 atom stereocenters. The average molecular weight is 400 g/mol. The monoisotopic (exact) mass is 400 g/mol. The van der Waals surface area contributed by atoms with Gasteiger partial charge >= 0.3 is 5.97 Å². The summed E-state index contributed by atoms with van der Waals surface area (Å²) >= 11 is 1.30. The van der Waals surface area contributed by atoms with Crippen LogP contribution in [0.3, 0.4) is 0 Å². The predicted molar refractivity (Wildman–Crippen MR) is 105 cm³/mol. The van der Waals surface area contributed by atoms with Gasteiger partial charge in [0, 0.05) is 18.0 Å². The van der Waals surface area contributed by atoms with Crippen LogP contribution in [-0.4, -0.2) is 28.1 Å². The van der Waals surface area contributed by atoms with Gasteiger partial charge in [0.05, 0.1) is 0 Å². The molecular weight excluding hydrogens is 380 g/mol. The molecule has 0 saturated carbocycles. The van der Waals surface area contributed by atoms with Crippen molar-refractivity contribution in [1.82, 2.24) is 10.1 Å². The van der Waals surface area contributed by atoms with Crippen LogP contribution >= 0.6 is 11.3 Å². The van der Waals surface area contributed by atoms with Crippen molar-refractivity contribution >= 4 is 34.2 Å². The van der Waals surface area contributed by atoms with Gasteiger partial charge in [-0.05, 0) is 18.9 Å². The lowest BCUT2D eigenvalue weighted by Gasteiger charge is -2.14. The predicted octanol–water partition coefficient (Wildman–Crippen LogP) is 3.63. The zero-order valence-electron chi connectivity index (χ0n) is 15.5. The number of anilines is 2. The van der Waals surface area contributed by atoms with Gasteiger partial charge in [-0.25, -0.2) is 9.78 Å². The average Bonchev–Trinajstić information content (AvgIpc) is 3.34. The smallest absolute Gasteiger partial charge is 0.358 e. The number of esters is 1. The van der Waals surface area contributed by atoms with Gasteiger partial charge < -0.3 is 19.9 Å². The molecule has 0 aliphatic rings. The Bertz CT molecular complexity index is 938. The van der Waals surface area contributed by atoms with Crippen LogP contribution in [0.5, 0.6) is 0 Å². The highest BCUT2D eigenvalue weighted by Crippen LogP contribution is 2.18. The molecule has 0 spiro atoms. The van der Waals surface area contributed by atoms with E-state index in [4.69, 9.17) is 9.26 Å². The van der Waals surface area contributed by atoms with E-state index in [-0.39, 0.29) is 11.5 Å². The number of benzene rings is 1. The molecule has 2 aromatic heterocycles. The fraction of sp³-hybridized carbons (Fsp3) is 0.263. The molecule has 0 aliphatic heterocycles. The first kappa shape index (κ1) is 19.6. The van der Waals surface area contributed by atoms with E-state index in [0.717, 1.165) is 5.56 Å². The number of aromatic nitrogens is 2. The van der Waals surface area contributed by atoms with Crippen LogP contribution in [0.25, 0.3) is 0 Å². The number of carbonyl (C=O) groups excluding carboxylic acids is 2. The zero-order chi connectivity index (χ0) is 19.9. The maximum absolute atomic E-state index is 12.3. The highest BCUT2D eigenvalue weighted by Gasteiger charge is 2.24. The lowest BCUT2D eigenvalue weighted by atomic mass is 10.2. The van der Waals surface area contributed by atoms with E-state index in [1.807, 2.05) is 30.3 Å². The van der Waals surface area contributed by atoms with Crippen LogP contribution in [-0.2, 0) is 16.1 Å². The first-order chi connectivity index (χ1) is 13.5. The summed E-state index contributed by atoms with van der Waals surface area (Å²) in [6.45, 7) is 4.06. The molecular formula is C19H20N4O4S. The van der Waals surface area contributed by atoms with Crippen molar-refractivity contribution in [3.63, 3.8) is 0 Å². The third-order valence-corrected chi connectivity index (χ3v) is 4.59. The standard InChI is InChI=1S/C19H20N4O4S/c1-3-15(17(24)22-16-9-12(2)27-23-16)26-18(25)14-11-28-19(21-14)20-10-13-7-5-4-6-8-13/h4-9,11,15H,3,10H2,1-2H3,(H,20,21)(H,22,23,24). The molecule has 28 heavy (non-hydrogen) atoms. The minimum Gasteiger partial charge on any atom is -0.448 e. The summed E-state index contributed by atoms with van der Waals surface area (Å²) < 4.78 is 10.2. The van der Waals surface area contributed by atoms with Gasteiger partial charge in [-0.15, -0.1) is 11.3 Å². The van der Waals surface area contributed by atoms with Crippen molar-refractivity contribution in [3.8, 4) is 0 Å². The van der Waals surface area contributed by atoms with E-state index >= 15 is 0 Å². The summed E-state index contributed by atoms with van der Waals surface area (Å²) in [7, 11) is 0. The number of amides is 1. The van der Waals surface area contributed by atoms with Crippen molar-refractivity contribution in [2.45, 2.75) is 32.9 Å². The van der Waals surface area contributed by atoms with Gasteiger partial charge in [0.25, 0.3) is 5.91 Å². The Morgan fingerprint density at radius 3 is 2.75 bits per heavy atom. The van der Waals surface area contributed by atoms with Gasteiger partial charge in [0.15, 0.2) is 22.7 Å². The van der Waals surface area contributed by atoms with Crippen LogP contribution in [0.1, 0.15) is 35.2 Å². The van der Waals surface area contributed by atoms with Gasteiger partial charge in [-0.1, -0.05) is 42.4 Å². The van der Waals surface area contributed by atoms with Gasteiger partial charge in [-0.3, -0.25) is 4.79 Å². The third-order valence-electron chi connectivity index (χ3n) is 3.79. The van der Waals surface area contributed by atoms with E-state index in [2.05, 4.69) is 20.8 Å². The molecule has 0 bridgehead atoms. The van der Waals surface area contributed by atoms with E-state index in [1.54, 1.807) is 25.3 Å². The number of ether oxygens (including phenoxy) is 1. The molecule has 3 rings (SSSR count). The first-order valence-corrected chi connectivity index (χ1v) is 9.61. The second kappa shape index (κ2) is 9.14. The lowest BCUT2D eigenvalue weighted by Crippen LogP contribution is -2.32. The Balaban J connectivity index is 1.55. The third kappa shape index (κ3) is 5.17. The van der Waals surface area contributed by atoms with Crippen molar-refractivity contribution < 1.29 is 18.8 Å². The molecule has 9 heteroatoms. The second-order valence-corrected chi connectivity index (χ2v) is 6.85. The van der Waals surface area contributed by atoms with Crippen LogP contribution in [0, 0.1) is 6.92 Å². The molecule has 3 aromatic rings. The van der Waals surface area contributed by atoms with Crippen LogP contribution in [0.2, 0.25) is 0 Å². The number of hydrogen-bond donors (Lipinski definition) is 2. The second-order valence-electron chi connectivity index (χ2n) is 5.99. The number of carbonyl (C=O) groups is 2. The van der Waals surface area contributed by atoms with Crippen molar-refractivity contribution in [3.05, 3.63) is 58.8 Å². The summed E-state index contributed by atoms with van der Waals surface area (Å²) in [4.78, 5) is 28.9. The molecule has 0 aliphatic carbocycles. The van der Waals surface area contributed by atoms with Gasteiger partial charge in [0.1, 0.15) is 5.76 Å². The van der Waals surface area contributed by atoms with E-state index in [9.17, 15) is 9.59 Å². The Hall–Kier alpha value is -3.20. The Kier molecular flexibility index (Phi) is 6.38. The molecule has 8 nitrogen and oxygen atoms in total. The molecule has 2 heterocycles. The van der Waals surface area contributed by atoms with E-state index < -0.39 is 18.0 Å². The minimum atomic E-state index is -0.952. The highest BCUT2D eigenvalue weighted by atomic mass is 32.1. The fourth-order valence-corrected chi connectivity index (χ4v) is 3.04. The Labute approximate surface area is 165 Å². The van der Waals surface area contributed by atoms with Crippen LogP contribution < -0.4 is 10.6 Å². The molecule has 0 saturated heterocycles. The van der Waals surface area contributed by atoms with Crippen molar-refractivity contribution in [1.29, 1.82) is 0 Å². The minimum absolute atomic E-state index is 0.157. The highest BCUT2D eigenvalue weighted by molar-refractivity contribution is 7.13. The fourth-order valence-electron chi connectivity index (χ4n) is 2.37. The molecule has 1 unspecified atom stereocenters. The van der Waals surface area contributed by atoms with E-state index in [0.29, 0.717) is 23.9 Å². The number of nitrogens with zero attached hydrogens (tertiary/aromatic N) is 2. The summed E-state index contributed by atoms with van der Waals surface area (Å²) in [5.41, 5.74) is 1.26. The first-order valence-electron chi connectivity index (χ1n) is 8.73. The molecule has 146 valence electrons. The maximum Gasteiger partial charge on any atom is 0.358 e. The molecule has 1 aromatic carbocycles. The number of aryl methyl sites for hydroxylation is 1. The van der Waals surface area contributed by atoms with Gasteiger partial charge in [-0.2, -0.15) is 0 Å². The molecule has 1 amide bonds. The van der Waals surface area contributed by atoms with Crippen molar-refractivity contribution in [2.24, 2.45) is 0 Å². The lowest BCUT2D eigenvalue weighted by molar-refractivity contribution is -0.124. The zero-order valence-corrected chi connectivity index (χ0v) is 16.3. The summed E-state index contributed by atoms with van der Waals surface area (Å²) in [5.74, 6) is -0.277. The SMILES string of the molecule is CCC(OC(=O)c1csc(NCc2ccccc2)n1)C(=O)Nc1cc(C)on1. The topological polar surface area (TPSA) is 106 Å². The summed E-state index contributed by atoms with van der Waals surface area (Å²) in [5, 5.41) is 11.6. The van der Waals surface area contributed by atoms with Crippen LogP contribution in [0.15, 0.2) is 46.3 Å².